The molecule has 0 aromatic heterocycles. The molecule has 1 atom stereocenters. The van der Waals surface area contributed by atoms with E-state index in [1.807, 2.05) is 6.92 Å². The molecule has 4 nitrogen and oxygen atoms in total. The van der Waals surface area contributed by atoms with Gasteiger partial charge >= 0.3 is 0 Å². The van der Waals surface area contributed by atoms with Crippen molar-refractivity contribution in [3.8, 4) is 5.75 Å². The molecule has 5 heteroatoms. The molecule has 0 aliphatic rings. The topological polar surface area (TPSA) is 50.7 Å². The lowest BCUT2D eigenvalue weighted by Crippen LogP contribution is -2.24. The second-order valence-electron chi connectivity index (χ2n) is 4.93. The molecular formula is C16H26FNO3. The van der Waals surface area contributed by atoms with Crippen LogP contribution in [-0.4, -0.2) is 37.6 Å². The van der Waals surface area contributed by atoms with Crippen LogP contribution in [0.15, 0.2) is 18.2 Å². The summed E-state index contributed by atoms with van der Waals surface area (Å²) in [6.07, 6.45) is 1.37. The van der Waals surface area contributed by atoms with Gasteiger partial charge in [0.2, 0.25) is 0 Å². The van der Waals surface area contributed by atoms with E-state index in [4.69, 9.17) is 9.47 Å². The van der Waals surface area contributed by atoms with E-state index < -0.39 is 6.10 Å². The van der Waals surface area contributed by atoms with Gasteiger partial charge in [-0.15, -0.1) is 0 Å². The summed E-state index contributed by atoms with van der Waals surface area (Å²) in [7, 11) is 0. The van der Waals surface area contributed by atoms with Gasteiger partial charge in [-0.25, -0.2) is 4.39 Å². The highest BCUT2D eigenvalue weighted by molar-refractivity contribution is 5.34. The quantitative estimate of drug-likeness (QED) is 0.616. The molecule has 0 aliphatic carbocycles. The van der Waals surface area contributed by atoms with Crippen molar-refractivity contribution in [3.05, 3.63) is 29.6 Å². The molecular weight excluding hydrogens is 273 g/mol. The Morgan fingerprint density at radius 1 is 1.29 bits per heavy atom. The molecule has 1 rings (SSSR count). The van der Waals surface area contributed by atoms with Gasteiger partial charge in [0.25, 0.3) is 0 Å². The number of unbranched alkanes of at least 4 members (excludes halogenated alkanes) is 1. The van der Waals surface area contributed by atoms with Gasteiger partial charge in [-0.05, 0) is 31.2 Å². The minimum Gasteiger partial charge on any atom is -0.490 e. The van der Waals surface area contributed by atoms with Crippen molar-refractivity contribution in [1.29, 1.82) is 0 Å². The van der Waals surface area contributed by atoms with Crippen molar-refractivity contribution in [3.63, 3.8) is 0 Å². The van der Waals surface area contributed by atoms with Gasteiger partial charge in [0.1, 0.15) is 24.3 Å². The van der Waals surface area contributed by atoms with E-state index >= 15 is 0 Å². The lowest BCUT2D eigenvalue weighted by Gasteiger charge is -2.15. The molecule has 2 N–H and O–H groups in total. The third-order valence-corrected chi connectivity index (χ3v) is 2.97. The Balaban J connectivity index is 2.42. The first-order valence-electron chi connectivity index (χ1n) is 7.55. The SMILES string of the molecule is CCCCOCC(O)COc1ccc(F)cc1CNCC. The van der Waals surface area contributed by atoms with Gasteiger partial charge < -0.3 is 19.9 Å². The van der Waals surface area contributed by atoms with Crippen molar-refractivity contribution < 1.29 is 19.0 Å². The first-order valence-corrected chi connectivity index (χ1v) is 7.55. The van der Waals surface area contributed by atoms with Crippen molar-refractivity contribution in [2.75, 3.05) is 26.4 Å². The highest BCUT2D eigenvalue weighted by Crippen LogP contribution is 2.20. The van der Waals surface area contributed by atoms with E-state index in [-0.39, 0.29) is 19.0 Å². The van der Waals surface area contributed by atoms with Gasteiger partial charge in [0, 0.05) is 18.7 Å². The van der Waals surface area contributed by atoms with Gasteiger partial charge in [-0.3, -0.25) is 0 Å². The molecule has 0 heterocycles. The third-order valence-electron chi connectivity index (χ3n) is 2.97. The Morgan fingerprint density at radius 3 is 2.81 bits per heavy atom. The monoisotopic (exact) mass is 299 g/mol. The number of ether oxygens (including phenoxy) is 2. The molecule has 0 fully saturated rings. The molecule has 0 bridgehead atoms. The Bertz CT molecular complexity index is 401. The van der Waals surface area contributed by atoms with Crippen molar-refractivity contribution in [2.24, 2.45) is 0 Å². The van der Waals surface area contributed by atoms with Crippen LogP contribution in [-0.2, 0) is 11.3 Å². The average Bonchev–Trinajstić information content (AvgIpc) is 2.48. The summed E-state index contributed by atoms with van der Waals surface area (Å²) in [5, 5.41) is 12.9. The lowest BCUT2D eigenvalue weighted by molar-refractivity contribution is 0.0111. The number of aliphatic hydroxyl groups excluding tert-OH is 1. The summed E-state index contributed by atoms with van der Waals surface area (Å²) in [4.78, 5) is 0. The molecule has 120 valence electrons. The largest absolute Gasteiger partial charge is 0.490 e. The number of benzene rings is 1. The molecule has 1 unspecified atom stereocenters. The van der Waals surface area contributed by atoms with Crippen LogP contribution in [0.2, 0.25) is 0 Å². The van der Waals surface area contributed by atoms with E-state index in [0.717, 1.165) is 24.9 Å². The Kier molecular flexibility index (Phi) is 8.98. The number of hydrogen-bond donors (Lipinski definition) is 2. The summed E-state index contributed by atoms with van der Waals surface area (Å²) in [6.45, 7) is 6.44. The lowest BCUT2D eigenvalue weighted by atomic mass is 10.2. The fraction of sp³-hybridized carbons (Fsp3) is 0.625. The van der Waals surface area contributed by atoms with Crippen LogP contribution in [0.25, 0.3) is 0 Å². The van der Waals surface area contributed by atoms with Crippen molar-refractivity contribution in [2.45, 2.75) is 39.3 Å². The van der Waals surface area contributed by atoms with Crippen LogP contribution in [0.3, 0.4) is 0 Å². The maximum Gasteiger partial charge on any atom is 0.124 e. The minimum absolute atomic E-state index is 0.136. The maximum absolute atomic E-state index is 13.3. The fourth-order valence-electron chi connectivity index (χ4n) is 1.79. The van der Waals surface area contributed by atoms with E-state index in [2.05, 4.69) is 12.2 Å². The molecule has 1 aromatic carbocycles. The predicted octanol–water partition coefficient (Wildman–Crippen LogP) is 2.49. The van der Waals surface area contributed by atoms with E-state index in [0.29, 0.717) is 18.9 Å². The second kappa shape index (κ2) is 10.5. The predicted molar refractivity (Wildman–Crippen MR) is 81.0 cm³/mol. The molecule has 21 heavy (non-hydrogen) atoms. The normalized spacial score (nSPS) is 12.4. The molecule has 0 amide bonds. The molecule has 0 radical (unpaired) electrons. The first-order chi connectivity index (χ1) is 10.2. The van der Waals surface area contributed by atoms with E-state index in [9.17, 15) is 9.50 Å². The van der Waals surface area contributed by atoms with Crippen LogP contribution < -0.4 is 10.1 Å². The van der Waals surface area contributed by atoms with Gasteiger partial charge in [-0.1, -0.05) is 20.3 Å². The summed E-state index contributed by atoms with van der Waals surface area (Å²) >= 11 is 0. The molecule has 0 aliphatic heterocycles. The van der Waals surface area contributed by atoms with Crippen LogP contribution >= 0.6 is 0 Å². The zero-order valence-electron chi connectivity index (χ0n) is 12.9. The number of hydrogen-bond acceptors (Lipinski definition) is 4. The molecule has 0 spiro atoms. The standard InChI is InChI=1S/C16H26FNO3/c1-3-5-8-20-11-15(19)12-21-16-7-6-14(17)9-13(16)10-18-4-2/h6-7,9,15,18-19H,3-5,8,10-12H2,1-2H3. The molecule has 0 saturated heterocycles. The number of aliphatic hydroxyl groups is 1. The smallest absolute Gasteiger partial charge is 0.124 e. The van der Waals surface area contributed by atoms with E-state index in [1.165, 1.54) is 12.1 Å². The Hall–Kier alpha value is -1.17. The Morgan fingerprint density at radius 2 is 2.10 bits per heavy atom. The fourth-order valence-corrected chi connectivity index (χ4v) is 1.79. The minimum atomic E-state index is -0.682. The molecule has 0 saturated carbocycles. The van der Waals surface area contributed by atoms with Crippen LogP contribution in [0.5, 0.6) is 5.75 Å². The summed E-state index contributed by atoms with van der Waals surface area (Å²) in [5.41, 5.74) is 0.746. The second-order valence-corrected chi connectivity index (χ2v) is 4.93. The number of halogens is 1. The Labute approximate surface area is 126 Å². The summed E-state index contributed by atoms with van der Waals surface area (Å²) in [5.74, 6) is 0.295. The number of nitrogens with one attached hydrogen (secondary N) is 1. The highest BCUT2D eigenvalue weighted by Gasteiger charge is 2.09. The zero-order valence-corrected chi connectivity index (χ0v) is 12.9. The maximum atomic E-state index is 13.3. The van der Waals surface area contributed by atoms with Crippen LogP contribution in [0, 0.1) is 5.82 Å². The van der Waals surface area contributed by atoms with Crippen molar-refractivity contribution in [1.82, 2.24) is 5.32 Å². The van der Waals surface area contributed by atoms with Gasteiger partial charge in [0.05, 0.1) is 6.61 Å². The average molecular weight is 299 g/mol. The third kappa shape index (κ3) is 7.41. The van der Waals surface area contributed by atoms with Crippen LogP contribution in [0.1, 0.15) is 32.3 Å². The molecule has 1 aromatic rings. The van der Waals surface area contributed by atoms with Crippen molar-refractivity contribution >= 4 is 0 Å². The summed E-state index contributed by atoms with van der Waals surface area (Å²) < 4.78 is 24.2. The van der Waals surface area contributed by atoms with Crippen LogP contribution in [0.4, 0.5) is 4.39 Å². The highest BCUT2D eigenvalue weighted by atomic mass is 19.1. The van der Waals surface area contributed by atoms with E-state index in [1.54, 1.807) is 6.07 Å². The summed E-state index contributed by atoms with van der Waals surface area (Å²) in [6, 6.07) is 4.39. The first kappa shape index (κ1) is 17.9. The van der Waals surface area contributed by atoms with Gasteiger partial charge in [-0.2, -0.15) is 0 Å². The zero-order chi connectivity index (χ0) is 15.5. The number of rotatable bonds is 11. The van der Waals surface area contributed by atoms with Gasteiger partial charge in [0.15, 0.2) is 0 Å².